The summed E-state index contributed by atoms with van der Waals surface area (Å²) in [5.41, 5.74) is -0.0500. The van der Waals surface area contributed by atoms with Crippen LogP contribution in [0.2, 0.25) is 0 Å². The number of piperidine rings is 1. The fourth-order valence-electron chi connectivity index (χ4n) is 3.67. The summed E-state index contributed by atoms with van der Waals surface area (Å²) in [6, 6.07) is 0.357. The van der Waals surface area contributed by atoms with Crippen molar-refractivity contribution < 1.29 is 4.79 Å². The third kappa shape index (κ3) is 3.25. The van der Waals surface area contributed by atoms with Gasteiger partial charge in [-0.25, -0.2) is 0 Å². The monoisotopic (exact) mass is 252 g/mol. The smallest absolute Gasteiger partial charge is 0.226 e. The summed E-state index contributed by atoms with van der Waals surface area (Å²) >= 11 is 0. The molecule has 1 amide bonds. The van der Waals surface area contributed by atoms with Crippen LogP contribution >= 0.6 is 0 Å². The largest absolute Gasteiger partial charge is 0.352 e. The standard InChI is InChI=1S/C15H28N2O/c1-12(2)10-15(7-3-4-8-15)14(18)17-13-6-5-9-16-11-13/h12-13,16H,3-11H2,1-2H3,(H,17,18). The van der Waals surface area contributed by atoms with E-state index in [1.54, 1.807) is 0 Å². The Morgan fingerprint density at radius 1 is 1.33 bits per heavy atom. The van der Waals surface area contributed by atoms with Crippen LogP contribution in [0, 0.1) is 11.3 Å². The van der Waals surface area contributed by atoms with E-state index < -0.39 is 0 Å². The molecule has 3 heteroatoms. The summed E-state index contributed by atoms with van der Waals surface area (Å²) < 4.78 is 0. The second kappa shape index (κ2) is 6.05. The quantitative estimate of drug-likeness (QED) is 0.807. The van der Waals surface area contributed by atoms with Crippen LogP contribution in [0.3, 0.4) is 0 Å². The molecule has 0 bridgehead atoms. The van der Waals surface area contributed by atoms with E-state index in [0.29, 0.717) is 17.9 Å². The van der Waals surface area contributed by atoms with Crippen molar-refractivity contribution in [2.45, 2.75) is 64.8 Å². The van der Waals surface area contributed by atoms with E-state index in [2.05, 4.69) is 24.5 Å². The maximum absolute atomic E-state index is 12.6. The summed E-state index contributed by atoms with van der Waals surface area (Å²) in [4.78, 5) is 12.6. The van der Waals surface area contributed by atoms with Crippen LogP contribution in [-0.2, 0) is 4.79 Å². The van der Waals surface area contributed by atoms with Crippen LogP contribution in [0.1, 0.15) is 58.8 Å². The zero-order chi connectivity index (χ0) is 13.0. The Hall–Kier alpha value is -0.570. The van der Waals surface area contributed by atoms with Crippen molar-refractivity contribution in [1.29, 1.82) is 0 Å². The molecule has 2 fully saturated rings. The highest BCUT2D eigenvalue weighted by molar-refractivity contribution is 5.83. The van der Waals surface area contributed by atoms with Crippen LogP contribution < -0.4 is 10.6 Å². The molecule has 1 saturated heterocycles. The molecule has 1 atom stereocenters. The minimum absolute atomic E-state index is 0.0500. The summed E-state index contributed by atoms with van der Waals surface area (Å²) in [6.45, 7) is 6.51. The normalized spacial score (nSPS) is 27.4. The van der Waals surface area contributed by atoms with Gasteiger partial charge in [0.2, 0.25) is 5.91 Å². The molecule has 0 aromatic carbocycles. The molecule has 0 aromatic rings. The molecule has 2 aliphatic rings. The highest BCUT2D eigenvalue weighted by Crippen LogP contribution is 2.43. The summed E-state index contributed by atoms with van der Waals surface area (Å²) in [6.07, 6.45) is 8.01. The molecular weight excluding hydrogens is 224 g/mol. The topological polar surface area (TPSA) is 41.1 Å². The van der Waals surface area contributed by atoms with Crippen LogP contribution in [0.4, 0.5) is 0 Å². The van der Waals surface area contributed by atoms with Gasteiger partial charge in [-0.2, -0.15) is 0 Å². The molecule has 1 unspecified atom stereocenters. The number of nitrogens with one attached hydrogen (secondary N) is 2. The zero-order valence-electron chi connectivity index (χ0n) is 11.9. The molecule has 2 N–H and O–H groups in total. The number of hydrogen-bond acceptors (Lipinski definition) is 2. The predicted molar refractivity (Wildman–Crippen MR) is 74.4 cm³/mol. The minimum Gasteiger partial charge on any atom is -0.352 e. The number of amides is 1. The third-order valence-corrected chi connectivity index (χ3v) is 4.47. The lowest BCUT2D eigenvalue weighted by Gasteiger charge is -2.33. The first-order chi connectivity index (χ1) is 8.62. The molecule has 0 aromatic heterocycles. The number of carbonyl (C=O) groups is 1. The van der Waals surface area contributed by atoms with Gasteiger partial charge >= 0.3 is 0 Å². The lowest BCUT2D eigenvalue weighted by molar-refractivity contribution is -0.132. The van der Waals surface area contributed by atoms with E-state index in [1.165, 1.54) is 19.3 Å². The Morgan fingerprint density at radius 3 is 2.61 bits per heavy atom. The van der Waals surface area contributed by atoms with Gasteiger partial charge in [-0.05, 0) is 44.6 Å². The molecule has 0 radical (unpaired) electrons. The van der Waals surface area contributed by atoms with Crippen molar-refractivity contribution in [2.75, 3.05) is 13.1 Å². The van der Waals surface area contributed by atoms with Gasteiger partial charge in [0, 0.05) is 18.0 Å². The highest BCUT2D eigenvalue weighted by atomic mass is 16.2. The first-order valence-electron chi connectivity index (χ1n) is 7.64. The van der Waals surface area contributed by atoms with E-state index in [4.69, 9.17) is 0 Å². The molecular formula is C15H28N2O. The SMILES string of the molecule is CC(C)CC1(C(=O)NC2CCCNC2)CCCC1. The van der Waals surface area contributed by atoms with Crippen molar-refractivity contribution in [3.05, 3.63) is 0 Å². The van der Waals surface area contributed by atoms with Gasteiger partial charge in [-0.15, -0.1) is 0 Å². The lowest BCUT2D eigenvalue weighted by Crippen LogP contribution is -2.50. The van der Waals surface area contributed by atoms with Gasteiger partial charge in [0.1, 0.15) is 0 Å². The van der Waals surface area contributed by atoms with Crippen molar-refractivity contribution in [3.63, 3.8) is 0 Å². The summed E-state index contributed by atoms with van der Waals surface area (Å²) in [5.74, 6) is 0.945. The molecule has 3 nitrogen and oxygen atoms in total. The van der Waals surface area contributed by atoms with E-state index in [9.17, 15) is 4.79 Å². The first kappa shape index (κ1) is 13.9. The molecule has 0 spiro atoms. The first-order valence-corrected chi connectivity index (χ1v) is 7.64. The Morgan fingerprint density at radius 2 is 2.06 bits per heavy atom. The number of carbonyl (C=O) groups excluding carboxylic acids is 1. The van der Waals surface area contributed by atoms with Crippen molar-refractivity contribution in [3.8, 4) is 0 Å². The Labute approximate surface area is 111 Å². The average Bonchev–Trinajstić information content (AvgIpc) is 2.79. The Kier molecular flexibility index (Phi) is 4.66. The fourth-order valence-corrected chi connectivity index (χ4v) is 3.67. The molecule has 2 rings (SSSR count). The number of rotatable bonds is 4. The van der Waals surface area contributed by atoms with E-state index >= 15 is 0 Å². The average molecular weight is 252 g/mol. The second-order valence-electron chi connectivity index (χ2n) is 6.60. The van der Waals surface area contributed by atoms with Gasteiger partial charge in [0.15, 0.2) is 0 Å². The summed E-state index contributed by atoms with van der Waals surface area (Å²) in [5, 5.41) is 6.67. The molecule has 1 saturated carbocycles. The van der Waals surface area contributed by atoms with Gasteiger partial charge < -0.3 is 10.6 Å². The van der Waals surface area contributed by atoms with Crippen LogP contribution in [0.5, 0.6) is 0 Å². The van der Waals surface area contributed by atoms with Crippen LogP contribution in [0.15, 0.2) is 0 Å². The fraction of sp³-hybridized carbons (Fsp3) is 0.933. The predicted octanol–water partition coefficient (Wildman–Crippen LogP) is 2.46. The maximum Gasteiger partial charge on any atom is 0.226 e. The van der Waals surface area contributed by atoms with Gasteiger partial charge in [0.05, 0.1) is 0 Å². The van der Waals surface area contributed by atoms with Crippen molar-refractivity contribution >= 4 is 5.91 Å². The van der Waals surface area contributed by atoms with Gasteiger partial charge in [-0.3, -0.25) is 4.79 Å². The summed E-state index contributed by atoms with van der Waals surface area (Å²) in [7, 11) is 0. The van der Waals surface area contributed by atoms with Crippen LogP contribution in [0.25, 0.3) is 0 Å². The molecule has 1 aliphatic carbocycles. The second-order valence-corrected chi connectivity index (χ2v) is 6.60. The van der Waals surface area contributed by atoms with Gasteiger partial charge in [0.25, 0.3) is 0 Å². The minimum atomic E-state index is -0.0500. The molecule has 18 heavy (non-hydrogen) atoms. The van der Waals surface area contributed by atoms with Crippen molar-refractivity contribution in [2.24, 2.45) is 11.3 Å². The molecule has 104 valence electrons. The highest BCUT2D eigenvalue weighted by Gasteiger charge is 2.41. The molecule has 1 aliphatic heterocycles. The lowest BCUT2D eigenvalue weighted by atomic mass is 9.77. The van der Waals surface area contributed by atoms with E-state index in [-0.39, 0.29) is 5.41 Å². The third-order valence-electron chi connectivity index (χ3n) is 4.47. The zero-order valence-corrected chi connectivity index (χ0v) is 11.9. The molecule has 1 heterocycles. The Balaban J connectivity index is 1.95. The van der Waals surface area contributed by atoms with Crippen LogP contribution in [-0.4, -0.2) is 25.0 Å². The van der Waals surface area contributed by atoms with Crippen molar-refractivity contribution in [1.82, 2.24) is 10.6 Å². The maximum atomic E-state index is 12.6. The Bertz CT molecular complexity index is 276. The number of hydrogen-bond donors (Lipinski definition) is 2. The van der Waals surface area contributed by atoms with Gasteiger partial charge in [-0.1, -0.05) is 26.7 Å². The van der Waals surface area contributed by atoms with E-state index in [1.807, 2.05) is 0 Å². The van der Waals surface area contributed by atoms with E-state index in [0.717, 1.165) is 38.8 Å².